The van der Waals surface area contributed by atoms with Crippen LogP contribution in [-0.2, 0) is 14.3 Å². The molecule has 2 amide bonds. The normalized spacial score (nSPS) is 23.6. The number of carbonyl (C=O) groups is 2. The molecule has 1 aromatic rings. The van der Waals surface area contributed by atoms with E-state index < -0.39 is 6.04 Å². The largest absolute Gasteiger partial charge is 0.378 e. The summed E-state index contributed by atoms with van der Waals surface area (Å²) in [5, 5.41) is 0. The molecule has 2 aliphatic heterocycles. The SMILES string of the molecule is N[C@H]1CCC(=O)N(c2ccc(N3CCOCC3)cc2)C1=O. The second kappa shape index (κ2) is 5.83. The predicted molar refractivity (Wildman–Crippen MR) is 79.2 cm³/mol. The molecule has 6 nitrogen and oxygen atoms in total. The first kappa shape index (κ1) is 14.0. The first-order chi connectivity index (χ1) is 10.2. The van der Waals surface area contributed by atoms with Gasteiger partial charge >= 0.3 is 0 Å². The monoisotopic (exact) mass is 289 g/mol. The second-order valence-electron chi connectivity index (χ2n) is 5.33. The molecule has 0 aromatic heterocycles. The molecule has 2 N–H and O–H groups in total. The number of hydrogen-bond acceptors (Lipinski definition) is 5. The summed E-state index contributed by atoms with van der Waals surface area (Å²) in [6.45, 7) is 3.15. The number of anilines is 2. The lowest BCUT2D eigenvalue weighted by Gasteiger charge is -2.31. The average molecular weight is 289 g/mol. The Balaban J connectivity index is 1.79. The van der Waals surface area contributed by atoms with Crippen molar-refractivity contribution in [1.29, 1.82) is 0 Å². The number of benzene rings is 1. The molecule has 1 aromatic carbocycles. The Kier molecular flexibility index (Phi) is 3.90. The Morgan fingerprint density at radius 2 is 1.67 bits per heavy atom. The van der Waals surface area contributed by atoms with Crippen LogP contribution >= 0.6 is 0 Å². The predicted octanol–water partition coefficient (Wildman–Crippen LogP) is 0.504. The van der Waals surface area contributed by atoms with Crippen LogP contribution in [0.1, 0.15) is 12.8 Å². The number of morpholine rings is 1. The molecular weight excluding hydrogens is 270 g/mol. The molecular formula is C15H19N3O3. The van der Waals surface area contributed by atoms with Gasteiger partial charge in [-0.05, 0) is 30.7 Å². The van der Waals surface area contributed by atoms with Crippen molar-refractivity contribution in [3.05, 3.63) is 24.3 Å². The zero-order chi connectivity index (χ0) is 14.8. The summed E-state index contributed by atoms with van der Waals surface area (Å²) in [5.41, 5.74) is 7.42. The lowest BCUT2D eigenvalue weighted by atomic mass is 10.0. The van der Waals surface area contributed by atoms with Crippen molar-refractivity contribution in [3.63, 3.8) is 0 Å². The van der Waals surface area contributed by atoms with Crippen molar-refractivity contribution in [2.24, 2.45) is 5.73 Å². The third-order valence-corrected chi connectivity index (χ3v) is 3.94. The number of rotatable bonds is 2. The maximum atomic E-state index is 12.1. The fourth-order valence-corrected chi connectivity index (χ4v) is 2.71. The molecule has 0 bridgehead atoms. The van der Waals surface area contributed by atoms with Crippen LogP contribution in [0.15, 0.2) is 24.3 Å². The zero-order valence-corrected chi connectivity index (χ0v) is 11.8. The molecule has 2 saturated heterocycles. The van der Waals surface area contributed by atoms with E-state index in [9.17, 15) is 9.59 Å². The highest BCUT2D eigenvalue weighted by Crippen LogP contribution is 2.25. The van der Waals surface area contributed by atoms with Gasteiger partial charge < -0.3 is 15.4 Å². The smallest absolute Gasteiger partial charge is 0.250 e. The third kappa shape index (κ3) is 2.77. The van der Waals surface area contributed by atoms with Gasteiger partial charge in [-0.3, -0.25) is 9.59 Å². The molecule has 2 heterocycles. The molecule has 0 aliphatic carbocycles. The Hall–Kier alpha value is -1.92. The maximum Gasteiger partial charge on any atom is 0.250 e. The molecule has 0 spiro atoms. The Labute approximate surface area is 123 Å². The van der Waals surface area contributed by atoms with Crippen LogP contribution in [0.25, 0.3) is 0 Å². The third-order valence-electron chi connectivity index (χ3n) is 3.94. The van der Waals surface area contributed by atoms with Gasteiger partial charge in [0.25, 0.3) is 5.91 Å². The van der Waals surface area contributed by atoms with Gasteiger partial charge in [0.15, 0.2) is 0 Å². The van der Waals surface area contributed by atoms with Crippen LogP contribution in [0.4, 0.5) is 11.4 Å². The van der Waals surface area contributed by atoms with Crippen LogP contribution in [0.2, 0.25) is 0 Å². The number of nitrogens with two attached hydrogens (primary N) is 1. The van der Waals surface area contributed by atoms with E-state index in [1.165, 1.54) is 4.90 Å². The van der Waals surface area contributed by atoms with Crippen molar-refractivity contribution >= 4 is 23.2 Å². The van der Waals surface area contributed by atoms with Crippen molar-refractivity contribution in [1.82, 2.24) is 0 Å². The van der Waals surface area contributed by atoms with Crippen molar-refractivity contribution in [2.75, 3.05) is 36.1 Å². The number of piperidine rings is 1. The van der Waals surface area contributed by atoms with Gasteiger partial charge in [-0.25, -0.2) is 4.90 Å². The van der Waals surface area contributed by atoms with E-state index in [0.717, 1.165) is 32.0 Å². The first-order valence-electron chi connectivity index (χ1n) is 7.22. The number of ether oxygens (including phenoxy) is 1. The average Bonchev–Trinajstić information content (AvgIpc) is 2.53. The first-order valence-corrected chi connectivity index (χ1v) is 7.22. The van der Waals surface area contributed by atoms with Gasteiger partial charge in [0.05, 0.1) is 24.9 Å². The zero-order valence-electron chi connectivity index (χ0n) is 11.8. The lowest BCUT2D eigenvalue weighted by Crippen LogP contribution is -2.51. The molecule has 0 saturated carbocycles. The van der Waals surface area contributed by atoms with Crippen molar-refractivity contribution in [2.45, 2.75) is 18.9 Å². The van der Waals surface area contributed by atoms with E-state index in [4.69, 9.17) is 10.5 Å². The highest BCUT2D eigenvalue weighted by molar-refractivity contribution is 6.18. The van der Waals surface area contributed by atoms with Crippen LogP contribution in [-0.4, -0.2) is 44.2 Å². The van der Waals surface area contributed by atoms with E-state index in [1.807, 2.05) is 12.1 Å². The molecule has 2 fully saturated rings. The fourth-order valence-electron chi connectivity index (χ4n) is 2.71. The fraction of sp³-hybridized carbons (Fsp3) is 0.467. The van der Waals surface area contributed by atoms with Gasteiger partial charge in [0, 0.05) is 25.2 Å². The molecule has 2 aliphatic rings. The van der Waals surface area contributed by atoms with Crippen LogP contribution in [0.3, 0.4) is 0 Å². The summed E-state index contributed by atoms with van der Waals surface area (Å²) in [6, 6.07) is 6.89. The summed E-state index contributed by atoms with van der Waals surface area (Å²) in [4.78, 5) is 27.5. The summed E-state index contributed by atoms with van der Waals surface area (Å²) in [5.74, 6) is -0.494. The number of hydrogen-bond donors (Lipinski definition) is 1. The Morgan fingerprint density at radius 1 is 1.05 bits per heavy atom. The van der Waals surface area contributed by atoms with Crippen molar-refractivity contribution < 1.29 is 14.3 Å². The van der Waals surface area contributed by atoms with Crippen LogP contribution in [0, 0.1) is 0 Å². The lowest BCUT2D eigenvalue weighted by molar-refractivity contribution is -0.130. The van der Waals surface area contributed by atoms with Crippen LogP contribution < -0.4 is 15.5 Å². The molecule has 0 unspecified atom stereocenters. The number of imide groups is 1. The topological polar surface area (TPSA) is 75.9 Å². The number of nitrogens with zero attached hydrogens (tertiary/aromatic N) is 2. The van der Waals surface area contributed by atoms with E-state index in [1.54, 1.807) is 12.1 Å². The van der Waals surface area contributed by atoms with E-state index in [2.05, 4.69) is 4.90 Å². The summed E-state index contributed by atoms with van der Waals surface area (Å²) in [6.07, 6.45) is 0.748. The summed E-state index contributed by atoms with van der Waals surface area (Å²) < 4.78 is 5.33. The highest BCUT2D eigenvalue weighted by Gasteiger charge is 2.33. The highest BCUT2D eigenvalue weighted by atomic mass is 16.5. The maximum absolute atomic E-state index is 12.1. The minimum Gasteiger partial charge on any atom is -0.378 e. The van der Waals surface area contributed by atoms with Gasteiger partial charge in [-0.2, -0.15) is 0 Å². The number of carbonyl (C=O) groups excluding carboxylic acids is 2. The summed E-state index contributed by atoms with van der Waals surface area (Å²) >= 11 is 0. The van der Waals surface area contributed by atoms with Crippen molar-refractivity contribution in [3.8, 4) is 0 Å². The standard InChI is InChI=1S/C15H19N3O3/c16-13-5-6-14(19)18(15(13)20)12-3-1-11(2-4-12)17-7-9-21-10-8-17/h1-4,13H,5-10,16H2/t13-/m0/s1. The van der Waals surface area contributed by atoms with Gasteiger partial charge in [0.2, 0.25) is 5.91 Å². The van der Waals surface area contributed by atoms with Gasteiger partial charge in [-0.1, -0.05) is 0 Å². The minimum atomic E-state index is -0.582. The quantitative estimate of drug-likeness (QED) is 0.803. The Morgan fingerprint density at radius 3 is 2.33 bits per heavy atom. The number of amides is 2. The summed E-state index contributed by atoms with van der Waals surface area (Å²) in [7, 11) is 0. The van der Waals surface area contributed by atoms with E-state index in [-0.39, 0.29) is 11.8 Å². The minimum absolute atomic E-state index is 0.180. The molecule has 1 atom stereocenters. The van der Waals surface area contributed by atoms with E-state index in [0.29, 0.717) is 18.5 Å². The molecule has 0 radical (unpaired) electrons. The van der Waals surface area contributed by atoms with Gasteiger partial charge in [0.1, 0.15) is 0 Å². The second-order valence-corrected chi connectivity index (χ2v) is 5.33. The molecule has 112 valence electrons. The molecule has 3 rings (SSSR count). The van der Waals surface area contributed by atoms with Crippen LogP contribution in [0.5, 0.6) is 0 Å². The Bertz CT molecular complexity index is 538. The van der Waals surface area contributed by atoms with E-state index >= 15 is 0 Å². The van der Waals surface area contributed by atoms with Gasteiger partial charge in [-0.15, -0.1) is 0 Å². The molecule has 21 heavy (non-hydrogen) atoms. The molecule has 6 heteroatoms.